The molecular formula is C18H14ClFN2O2S. The van der Waals surface area contributed by atoms with Crippen LogP contribution in [0.1, 0.15) is 6.92 Å². The molecule has 0 aliphatic carbocycles. The number of benzene rings is 2. The first-order valence-corrected chi connectivity index (χ1v) is 8.71. The fourth-order valence-electron chi connectivity index (χ4n) is 2.06. The minimum atomic E-state index is -0.695. The maximum atomic E-state index is 13.0. The van der Waals surface area contributed by atoms with Crippen LogP contribution in [0, 0.1) is 5.82 Å². The maximum Gasteiger partial charge on any atom is 0.266 e. The lowest BCUT2D eigenvalue weighted by atomic mass is 10.2. The Balaban J connectivity index is 1.62. The lowest BCUT2D eigenvalue weighted by Gasteiger charge is -2.13. The van der Waals surface area contributed by atoms with Crippen LogP contribution >= 0.6 is 22.9 Å². The Morgan fingerprint density at radius 3 is 2.56 bits per heavy atom. The van der Waals surface area contributed by atoms with Gasteiger partial charge < -0.3 is 4.74 Å². The van der Waals surface area contributed by atoms with Crippen molar-refractivity contribution < 1.29 is 13.9 Å². The number of carbonyl (C=O) groups excluding carboxylic acids is 1. The smallest absolute Gasteiger partial charge is 0.266 e. The molecule has 0 saturated heterocycles. The molecular weight excluding hydrogens is 363 g/mol. The van der Waals surface area contributed by atoms with Crippen molar-refractivity contribution in [2.45, 2.75) is 13.0 Å². The Kier molecular flexibility index (Phi) is 5.31. The van der Waals surface area contributed by atoms with Crippen molar-refractivity contribution in [1.29, 1.82) is 0 Å². The molecule has 3 aromatic rings. The van der Waals surface area contributed by atoms with E-state index in [0.717, 1.165) is 5.56 Å². The van der Waals surface area contributed by atoms with Crippen LogP contribution in [0.4, 0.5) is 9.52 Å². The molecule has 0 radical (unpaired) electrons. The zero-order valence-electron chi connectivity index (χ0n) is 13.2. The minimum absolute atomic E-state index is 0.305. The highest BCUT2D eigenvalue weighted by molar-refractivity contribution is 7.14. The van der Waals surface area contributed by atoms with Gasteiger partial charge in [-0.25, -0.2) is 9.37 Å². The maximum absolute atomic E-state index is 13.0. The van der Waals surface area contributed by atoms with Gasteiger partial charge in [-0.2, -0.15) is 0 Å². The zero-order valence-corrected chi connectivity index (χ0v) is 14.8. The van der Waals surface area contributed by atoms with Crippen molar-refractivity contribution in [3.63, 3.8) is 0 Å². The third-order valence-electron chi connectivity index (χ3n) is 3.37. The number of rotatable bonds is 5. The largest absolute Gasteiger partial charge is 0.481 e. The van der Waals surface area contributed by atoms with Crippen LogP contribution in [-0.2, 0) is 4.79 Å². The lowest BCUT2D eigenvalue weighted by molar-refractivity contribution is -0.122. The fraction of sp³-hybridized carbons (Fsp3) is 0.111. The molecule has 1 aromatic heterocycles. The van der Waals surface area contributed by atoms with E-state index in [4.69, 9.17) is 16.3 Å². The van der Waals surface area contributed by atoms with E-state index in [0.29, 0.717) is 21.6 Å². The van der Waals surface area contributed by atoms with Gasteiger partial charge in [0.15, 0.2) is 11.2 Å². The van der Waals surface area contributed by atoms with Crippen LogP contribution in [0.15, 0.2) is 53.9 Å². The second-order valence-corrected chi connectivity index (χ2v) is 6.54. The SMILES string of the molecule is C[C@H](Oc1ccc(Cl)cc1)C(=O)Nc1nc(-c2ccc(F)cc2)cs1. The molecule has 2 aromatic carbocycles. The third-order valence-corrected chi connectivity index (χ3v) is 4.38. The molecule has 0 spiro atoms. The van der Waals surface area contributed by atoms with Crippen LogP contribution in [0.3, 0.4) is 0 Å². The van der Waals surface area contributed by atoms with Crippen molar-refractivity contribution in [3.05, 3.63) is 64.8 Å². The highest BCUT2D eigenvalue weighted by atomic mass is 35.5. The molecule has 25 heavy (non-hydrogen) atoms. The van der Waals surface area contributed by atoms with E-state index < -0.39 is 6.10 Å². The monoisotopic (exact) mass is 376 g/mol. The van der Waals surface area contributed by atoms with E-state index >= 15 is 0 Å². The van der Waals surface area contributed by atoms with Gasteiger partial charge in [0, 0.05) is 16.0 Å². The topological polar surface area (TPSA) is 51.2 Å². The Morgan fingerprint density at radius 1 is 1.20 bits per heavy atom. The Bertz CT molecular complexity index is 866. The highest BCUT2D eigenvalue weighted by Gasteiger charge is 2.16. The van der Waals surface area contributed by atoms with Crippen molar-refractivity contribution in [2.75, 3.05) is 5.32 Å². The molecule has 7 heteroatoms. The summed E-state index contributed by atoms with van der Waals surface area (Å²) in [4.78, 5) is 16.6. The van der Waals surface area contributed by atoms with Gasteiger partial charge in [-0.3, -0.25) is 10.1 Å². The standard InChI is InChI=1S/C18H14ClFN2O2S/c1-11(24-15-8-4-13(19)5-9-15)17(23)22-18-21-16(10-25-18)12-2-6-14(20)7-3-12/h2-11H,1H3,(H,21,22,23)/t11-/m0/s1. The summed E-state index contributed by atoms with van der Waals surface area (Å²) in [5.74, 6) is -0.0613. The summed E-state index contributed by atoms with van der Waals surface area (Å²) >= 11 is 7.11. The van der Waals surface area contributed by atoms with Crippen molar-refractivity contribution in [1.82, 2.24) is 4.98 Å². The Hall–Kier alpha value is -2.44. The molecule has 1 atom stereocenters. The van der Waals surface area contributed by atoms with E-state index in [1.165, 1.54) is 23.5 Å². The third kappa shape index (κ3) is 4.55. The summed E-state index contributed by atoms with van der Waals surface area (Å²) in [6, 6.07) is 12.8. The van der Waals surface area contributed by atoms with Gasteiger partial charge >= 0.3 is 0 Å². The molecule has 0 unspecified atom stereocenters. The number of nitrogens with one attached hydrogen (secondary N) is 1. The molecule has 0 saturated carbocycles. The number of anilines is 1. The number of amides is 1. The number of hydrogen-bond acceptors (Lipinski definition) is 4. The minimum Gasteiger partial charge on any atom is -0.481 e. The van der Waals surface area contributed by atoms with E-state index in [2.05, 4.69) is 10.3 Å². The number of carbonyl (C=O) groups is 1. The molecule has 0 fully saturated rings. The van der Waals surface area contributed by atoms with Crippen LogP contribution in [0.5, 0.6) is 5.75 Å². The molecule has 4 nitrogen and oxygen atoms in total. The lowest BCUT2D eigenvalue weighted by Crippen LogP contribution is -2.30. The van der Waals surface area contributed by atoms with Gasteiger partial charge in [-0.05, 0) is 55.5 Å². The second kappa shape index (κ2) is 7.63. The van der Waals surface area contributed by atoms with Crippen LogP contribution in [-0.4, -0.2) is 17.0 Å². The predicted octanol–water partition coefficient (Wildman–Crippen LogP) is 5.01. The quantitative estimate of drug-likeness (QED) is 0.681. The average Bonchev–Trinajstić information content (AvgIpc) is 3.06. The van der Waals surface area contributed by atoms with Crippen molar-refractivity contribution in [2.24, 2.45) is 0 Å². The van der Waals surface area contributed by atoms with Gasteiger partial charge in [0.2, 0.25) is 0 Å². The van der Waals surface area contributed by atoms with E-state index in [9.17, 15) is 9.18 Å². The van der Waals surface area contributed by atoms with Gasteiger partial charge in [0.25, 0.3) is 5.91 Å². The molecule has 1 N–H and O–H groups in total. The first-order chi connectivity index (χ1) is 12.0. The second-order valence-electron chi connectivity index (χ2n) is 5.25. The molecule has 0 aliphatic heterocycles. The molecule has 3 rings (SSSR count). The first-order valence-electron chi connectivity index (χ1n) is 7.46. The Labute approximate surface area is 153 Å². The number of ether oxygens (including phenoxy) is 1. The normalized spacial score (nSPS) is 11.8. The zero-order chi connectivity index (χ0) is 17.8. The Morgan fingerprint density at radius 2 is 1.88 bits per heavy atom. The van der Waals surface area contributed by atoms with Crippen LogP contribution in [0.2, 0.25) is 5.02 Å². The summed E-state index contributed by atoms with van der Waals surface area (Å²) < 4.78 is 18.5. The average molecular weight is 377 g/mol. The molecule has 128 valence electrons. The molecule has 1 amide bonds. The summed E-state index contributed by atoms with van der Waals surface area (Å²) in [5.41, 5.74) is 1.45. The summed E-state index contributed by atoms with van der Waals surface area (Å²) in [6.07, 6.45) is -0.695. The fourth-order valence-corrected chi connectivity index (χ4v) is 2.91. The van der Waals surface area contributed by atoms with Gasteiger partial charge in [-0.15, -0.1) is 11.3 Å². The number of halogens is 2. The first kappa shape index (κ1) is 17.4. The van der Waals surface area contributed by atoms with Crippen molar-refractivity contribution >= 4 is 34.0 Å². The van der Waals surface area contributed by atoms with E-state index in [-0.39, 0.29) is 11.7 Å². The van der Waals surface area contributed by atoms with Crippen molar-refractivity contribution in [3.8, 4) is 17.0 Å². The van der Waals surface area contributed by atoms with Crippen LogP contribution < -0.4 is 10.1 Å². The summed E-state index contributed by atoms with van der Waals surface area (Å²) in [6.45, 7) is 1.65. The number of nitrogens with zero attached hydrogens (tertiary/aromatic N) is 1. The summed E-state index contributed by atoms with van der Waals surface area (Å²) in [7, 11) is 0. The van der Waals surface area contributed by atoms with Gasteiger partial charge in [0.05, 0.1) is 5.69 Å². The van der Waals surface area contributed by atoms with Crippen LogP contribution in [0.25, 0.3) is 11.3 Å². The number of thiazole rings is 1. The van der Waals surface area contributed by atoms with E-state index in [1.54, 1.807) is 48.7 Å². The molecule has 0 aliphatic rings. The highest BCUT2D eigenvalue weighted by Crippen LogP contribution is 2.25. The molecule has 1 heterocycles. The number of aromatic nitrogens is 1. The predicted molar refractivity (Wildman–Crippen MR) is 97.7 cm³/mol. The summed E-state index contributed by atoms with van der Waals surface area (Å²) in [5, 5.41) is 5.57. The van der Waals surface area contributed by atoms with Gasteiger partial charge in [-0.1, -0.05) is 11.6 Å². The van der Waals surface area contributed by atoms with E-state index in [1.807, 2.05) is 0 Å². The van der Waals surface area contributed by atoms with Gasteiger partial charge in [0.1, 0.15) is 11.6 Å². The molecule has 0 bridgehead atoms. The number of hydrogen-bond donors (Lipinski definition) is 1.